The second-order valence-corrected chi connectivity index (χ2v) is 5.95. The SMILES string of the molecule is CCn1ncc(OC)c1C(N)C1(N(C)C)CCCCC1. The van der Waals surface area contributed by atoms with Crippen molar-refractivity contribution in [1.29, 1.82) is 0 Å². The van der Waals surface area contributed by atoms with E-state index in [0.29, 0.717) is 0 Å². The molecule has 2 N–H and O–H groups in total. The first-order chi connectivity index (χ1) is 9.56. The summed E-state index contributed by atoms with van der Waals surface area (Å²) in [4.78, 5) is 2.31. The van der Waals surface area contributed by atoms with Gasteiger partial charge in [0.2, 0.25) is 0 Å². The van der Waals surface area contributed by atoms with Crippen LogP contribution in [0, 0.1) is 0 Å². The number of hydrogen-bond donors (Lipinski definition) is 1. The Morgan fingerprint density at radius 2 is 2.05 bits per heavy atom. The molecule has 2 rings (SSSR count). The smallest absolute Gasteiger partial charge is 0.161 e. The van der Waals surface area contributed by atoms with Crippen molar-refractivity contribution in [2.75, 3.05) is 21.2 Å². The Hall–Kier alpha value is -1.07. The Morgan fingerprint density at radius 1 is 1.40 bits per heavy atom. The van der Waals surface area contributed by atoms with Gasteiger partial charge in [0.15, 0.2) is 5.75 Å². The van der Waals surface area contributed by atoms with Gasteiger partial charge in [0, 0.05) is 12.1 Å². The minimum Gasteiger partial charge on any atom is -0.493 e. The molecule has 5 nitrogen and oxygen atoms in total. The van der Waals surface area contributed by atoms with Crippen LogP contribution in [0.5, 0.6) is 5.75 Å². The fourth-order valence-corrected chi connectivity index (χ4v) is 3.56. The quantitative estimate of drug-likeness (QED) is 0.898. The van der Waals surface area contributed by atoms with Gasteiger partial charge in [-0.25, -0.2) is 0 Å². The lowest BCUT2D eigenvalue weighted by atomic mass is 9.74. The van der Waals surface area contributed by atoms with E-state index in [-0.39, 0.29) is 11.6 Å². The number of nitrogens with two attached hydrogens (primary N) is 1. The molecule has 1 aliphatic rings. The zero-order valence-electron chi connectivity index (χ0n) is 13.2. The van der Waals surface area contributed by atoms with E-state index in [0.717, 1.165) is 30.8 Å². The summed E-state index contributed by atoms with van der Waals surface area (Å²) in [5, 5.41) is 4.40. The van der Waals surface area contributed by atoms with Gasteiger partial charge in [-0.05, 0) is 33.9 Å². The fraction of sp³-hybridized carbons (Fsp3) is 0.800. The average Bonchev–Trinajstić information content (AvgIpc) is 2.89. The molecule has 0 bridgehead atoms. The number of aryl methyl sites for hydroxylation is 1. The van der Waals surface area contributed by atoms with Gasteiger partial charge in [-0.2, -0.15) is 5.10 Å². The second kappa shape index (κ2) is 6.14. The van der Waals surface area contributed by atoms with Crippen LogP contribution in [0.2, 0.25) is 0 Å². The first-order valence-corrected chi connectivity index (χ1v) is 7.59. The first-order valence-electron chi connectivity index (χ1n) is 7.59. The Kier molecular flexibility index (Phi) is 4.70. The third kappa shape index (κ3) is 2.44. The Morgan fingerprint density at radius 3 is 2.55 bits per heavy atom. The number of hydrogen-bond acceptors (Lipinski definition) is 4. The molecule has 1 heterocycles. The van der Waals surface area contributed by atoms with Crippen LogP contribution in [0.15, 0.2) is 6.20 Å². The second-order valence-electron chi connectivity index (χ2n) is 5.95. The molecular weight excluding hydrogens is 252 g/mol. The molecule has 1 atom stereocenters. The molecule has 1 aromatic heterocycles. The van der Waals surface area contributed by atoms with E-state index in [1.54, 1.807) is 13.3 Å². The maximum atomic E-state index is 6.72. The van der Waals surface area contributed by atoms with Crippen LogP contribution < -0.4 is 10.5 Å². The molecule has 0 amide bonds. The average molecular weight is 280 g/mol. The van der Waals surface area contributed by atoms with Gasteiger partial charge in [0.1, 0.15) is 0 Å². The number of likely N-dealkylation sites (N-methyl/N-ethyl adjacent to an activating group) is 1. The molecule has 0 radical (unpaired) electrons. The fourth-order valence-electron chi connectivity index (χ4n) is 3.56. The summed E-state index contributed by atoms with van der Waals surface area (Å²) in [5.41, 5.74) is 7.77. The zero-order chi connectivity index (χ0) is 14.8. The number of ether oxygens (including phenoxy) is 1. The Balaban J connectivity index is 2.41. The summed E-state index contributed by atoms with van der Waals surface area (Å²) in [6.07, 6.45) is 7.86. The topological polar surface area (TPSA) is 56.3 Å². The third-order valence-corrected chi connectivity index (χ3v) is 4.85. The predicted molar refractivity (Wildman–Crippen MR) is 80.9 cm³/mol. The minimum atomic E-state index is -0.0739. The highest BCUT2D eigenvalue weighted by Crippen LogP contribution is 2.42. The number of methoxy groups -OCH3 is 1. The zero-order valence-corrected chi connectivity index (χ0v) is 13.2. The first kappa shape index (κ1) is 15.3. The van der Waals surface area contributed by atoms with E-state index in [4.69, 9.17) is 10.5 Å². The molecule has 0 aliphatic heterocycles. The molecule has 0 spiro atoms. The Bertz CT molecular complexity index is 414. The summed E-state index contributed by atoms with van der Waals surface area (Å²) < 4.78 is 7.46. The summed E-state index contributed by atoms with van der Waals surface area (Å²) in [6, 6.07) is -0.0739. The normalized spacial score (nSPS) is 20.1. The van der Waals surface area contributed by atoms with Crippen molar-refractivity contribution in [3.05, 3.63) is 11.9 Å². The summed E-state index contributed by atoms with van der Waals surface area (Å²) in [5.74, 6) is 0.811. The maximum absolute atomic E-state index is 6.72. The van der Waals surface area contributed by atoms with Crippen molar-refractivity contribution in [3.63, 3.8) is 0 Å². The van der Waals surface area contributed by atoms with E-state index in [9.17, 15) is 0 Å². The molecule has 0 aromatic carbocycles. The van der Waals surface area contributed by atoms with Crippen LogP contribution >= 0.6 is 0 Å². The van der Waals surface area contributed by atoms with E-state index in [1.165, 1.54) is 19.3 Å². The third-order valence-electron chi connectivity index (χ3n) is 4.85. The highest BCUT2D eigenvalue weighted by Gasteiger charge is 2.43. The minimum absolute atomic E-state index is 0.0124. The van der Waals surface area contributed by atoms with Crippen molar-refractivity contribution >= 4 is 0 Å². The van der Waals surface area contributed by atoms with Crippen LogP contribution in [0.25, 0.3) is 0 Å². The van der Waals surface area contributed by atoms with Crippen molar-refractivity contribution in [1.82, 2.24) is 14.7 Å². The monoisotopic (exact) mass is 280 g/mol. The number of aromatic nitrogens is 2. The standard InChI is InChI=1S/C15H28N4O/c1-5-19-13(12(20-4)11-17-19)14(16)15(18(2)3)9-7-6-8-10-15/h11,14H,5-10,16H2,1-4H3. The summed E-state index contributed by atoms with van der Waals surface area (Å²) >= 11 is 0. The van der Waals surface area contributed by atoms with Gasteiger partial charge < -0.3 is 15.4 Å². The Labute approximate surface area is 122 Å². The van der Waals surface area contributed by atoms with E-state index in [1.807, 2.05) is 4.68 Å². The van der Waals surface area contributed by atoms with Crippen LogP contribution in [-0.2, 0) is 6.54 Å². The molecule has 1 fully saturated rings. The van der Waals surface area contributed by atoms with Gasteiger partial charge in [0.05, 0.1) is 25.0 Å². The highest BCUT2D eigenvalue weighted by molar-refractivity contribution is 5.31. The number of nitrogens with zero attached hydrogens (tertiary/aromatic N) is 3. The van der Waals surface area contributed by atoms with Crippen molar-refractivity contribution in [3.8, 4) is 5.75 Å². The van der Waals surface area contributed by atoms with E-state index >= 15 is 0 Å². The number of rotatable bonds is 5. The van der Waals surface area contributed by atoms with Crippen LogP contribution in [0.3, 0.4) is 0 Å². The van der Waals surface area contributed by atoms with Crippen LogP contribution in [-0.4, -0.2) is 41.4 Å². The molecule has 114 valence electrons. The van der Waals surface area contributed by atoms with Crippen molar-refractivity contribution in [2.45, 2.75) is 57.2 Å². The van der Waals surface area contributed by atoms with Crippen molar-refractivity contribution < 1.29 is 4.74 Å². The van der Waals surface area contributed by atoms with Gasteiger partial charge >= 0.3 is 0 Å². The van der Waals surface area contributed by atoms with Gasteiger partial charge in [0.25, 0.3) is 0 Å². The lowest BCUT2D eigenvalue weighted by Crippen LogP contribution is -2.54. The van der Waals surface area contributed by atoms with E-state index in [2.05, 4.69) is 31.0 Å². The highest BCUT2D eigenvalue weighted by atomic mass is 16.5. The van der Waals surface area contributed by atoms with Crippen LogP contribution in [0.1, 0.15) is 50.8 Å². The maximum Gasteiger partial charge on any atom is 0.161 e. The van der Waals surface area contributed by atoms with Gasteiger partial charge in [-0.1, -0.05) is 19.3 Å². The van der Waals surface area contributed by atoms with Crippen LogP contribution in [0.4, 0.5) is 0 Å². The summed E-state index contributed by atoms with van der Waals surface area (Å²) in [6.45, 7) is 2.90. The summed E-state index contributed by atoms with van der Waals surface area (Å²) in [7, 11) is 5.98. The molecular formula is C15H28N4O. The predicted octanol–water partition coefficient (Wildman–Crippen LogP) is 2.18. The molecule has 0 saturated heterocycles. The van der Waals surface area contributed by atoms with Gasteiger partial charge in [-0.15, -0.1) is 0 Å². The molecule has 1 aromatic rings. The van der Waals surface area contributed by atoms with Crippen molar-refractivity contribution in [2.24, 2.45) is 5.73 Å². The molecule has 5 heteroatoms. The molecule has 1 saturated carbocycles. The largest absolute Gasteiger partial charge is 0.493 e. The molecule has 1 unspecified atom stereocenters. The lowest BCUT2D eigenvalue weighted by molar-refractivity contribution is 0.0673. The molecule has 1 aliphatic carbocycles. The van der Waals surface area contributed by atoms with Gasteiger partial charge in [-0.3, -0.25) is 4.68 Å². The molecule has 20 heavy (non-hydrogen) atoms. The lowest BCUT2D eigenvalue weighted by Gasteiger charge is -2.47. The van der Waals surface area contributed by atoms with E-state index < -0.39 is 0 Å².